The molecule has 0 radical (unpaired) electrons. The molecular weight excluding hydrogens is 288 g/mol. The highest BCUT2D eigenvalue weighted by molar-refractivity contribution is 6.31. The molecule has 2 rings (SSSR count). The summed E-state index contributed by atoms with van der Waals surface area (Å²) in [6.07, 6.45) is 1.77. The van der Waals surface area contributed by atoms with Gasteiger partial charge >= 0.3 is 0 Å². The molecule has 0 fully saturated rings. The Morgan fingerprint density at radius 1 is 1.24 bits per heavy atom. The molecule has 1 aromatic carbocycles. The largest absolute Gasteiger partial charge is 0.493 e. The Bertz CT molecular complexity index is 603. The third kappa shape index (κ3) is 4.26. The van der Waals surface area contributed by atoms with E-state index in [0.29, 0.717) is 11.7 Å². The summed E-state index contributed by atoms with van der Waals surface area (Å²) in [5.41, 5.74) is 1.88. The van der Waals surface area contributed by atoms with Crippen molar-refractivity contribution in [2.24, 2.45) is 0 Å². The van der Waals surface area contributed by atoms with Crippen LogP contribution in [-0.2, 0) is 6.54 Å². The van der Waals surface area contributed by atoms with Crippen LogP contribution >= 0.6 is 11.6 Å². The van der Waals surface area contributed by atoms with E-state index >= 15 is 0 Å². The van der Waals surface area contributed by atoms with Gasteiger partial charge in [-0.1, -0.05) is 17.7 Å². The number of aromatic nitrogens is 1. The molecule has 0 unspecified atom stereocenters. The number of nitrogens with one attached hydrogen (secondary N) is 1. The second-order valence-electron chi connectivity index (χ2n) is 4.85. The van der Waals surface area contributed by atoms with Crippen molar-refractivity contribution < 1.29 is 9.47 Å². The van der Waals surface area contributed by atoms with Gasteiger partial charge in [-0.3, -0.25) is 0 Å². The number of nitrogens with zero attached hydrogens (tertiary/aromatic N) is 1. The molecule has 5 heteroatoms. The van der Waals surface area contributed by atoms with Crippen LogP contribution in [0.25, 0.3) is 0 Å². The summed E-state index contributed by atoms with van der Waals surface area (Å²) in [5.74, 6) is 1.47. The predicted octanol–water partition coefficient (Wildman–Crippen LogP) is 4.14. The van der Waals surface area contributed by atoms with Gasteiger partial charge in [0.1, 0.15) is 0 Å². The van der Waals surface area contributed by atoms with Gasteiger partial charge in [0.25, 0.3) is 0 Å². The first-order valence-corrected chi connectivity index (χ1v) is 7.16. The molecule has 0 spiro atoms. The average molecular weight is 307 g/mol. The number of hydrogen-bond donors (Lipinski definition) is 1. The van der Waals surface area contributed by atoms with Crippen LogP contribution in [0.3, 0.4) is 0 Å². The van der Waals surface area contributed by atoms with Crippen molar-refractivity contribution in [1.82, 2.24) is 4.98 Å². The van der Waals surface area contributed by atoms with E-state index < -0.39 is 0 Å². The molecule has 0 saturated carbocycles. The van der Waals surface area contributed by atoms with Gasteiger partial charge in [0.2, 0.25) is 0 Å². The lowest BCUT2D eigenvalue weighted by Crippen LogP contribution is -2.07. The molecule has 0 atom stereocenters. The molecule has 0 aliphatic heterocycles. The quantitative estimate of drug-likeness (QED) is 0.814. The highest BCUT2D eigenvalue weighted by Gasteiger charge is 2.08. The topological polar surface area (TPSA) is 43.4 Å². The van der Waals surface area contributed by atoms with Crippen LogP contribution in [0.1, 0.15) is 19.4 Å². The van der Waals surface area contributed by atoms with E-state index in [-0.39, 0.29) is 6.10 Å². The smallest absolute Gasteiger partial charge is 0.161 e. The van der Waals surface area contributed by atoms with E-state index in [9.17, 15) is 0 Å². The lowest BCUT2D eigenvalue weighted by atomic mass is 10.2. The van der Waals surface area contributed by atoms with Crippen LogP contribution in [-0.4, -0.2) is 18.2 Å². The average Bonchev–Trinajstić information content (AvgIpc) is 2.47. The number of hydrogen-bond acceptors (Lipinski definition) is 4. The van der Waals surface area contributed by atoms with Gasteiger partial charge in [0, 0.05) is 12.7 Å². The first-order valence-electron chi connectivity index (χ1n) is 6.78. The Morgan fingerprint density at radius 3 is 2.71 bits per heavy atom. The van der Waals surface area contributed by atoms with E-state index in [4.69, 9.17) is 21.1 Å². The van der Waals surface area contributed by atoms with Crippen molar-refractivity contribution in [3.8, 4) is 11.5 Å². The van der Waals surface area contributed by atoms with Gasteiger partial charge in [0.05, 0.1) is 18.9 Å². The summed E-state index contributed by atoms with van der Waals surface area (Å²) in [6.45, 7) is 4.60. The lowest BCUT2D eigenvalue weighted by Gasteiger charge is -2.15. The van der Waals surface area contributed by atoms with Gasteiger partial charge in [-0.2, -0.15) is 0 Å². The Hall–Kier alpha value is -1.94. The van der Waals surface area contributed by atoms with E-state index in [0.717, 1.165) is 22.7 Å². The second kappa shape index (κ2) is 7.18. The zero-order chi connectivity index (χ0) is 15.2. The van der Waals surface area contributed by atoms with E-state index in [1.54, 1.807) is 13.3 Å². The summed E-state index contributed by atoms with van der Waals surface area (Å²) in [5, 5.41) is 3.71. The normalized spacial score (nSPS) is 10.5. The zero-order valence-corrected chi connectivity index (χ0v) is 13.1. The third-order valence-corrected chi connectivity index (χ3v) is 3.13. The molecule has 4 nitrogen and oxygen atoms in total. The monoisotopic (exact) mass is 306 g/mol. The van der Waals surface area contributed by atoms with Crippen molar-refractivity contribution in [2.45, 2.75) is 26.5 Å². The van der Waals surface area contributed by atoms with Crippen molar-refractivity contribution >= 4 is 17.3 Å². The molecule has 0 bridgehead atoms. The maximum Gasteiger partial charge on any atom is 0.161 e. The van der Waals surface area contributed by atoms with Crippen molar-refractivity contribution in [2.75, 3.05) is 12.4 Å². The van der Waals surface area contributed by atoms with Crippen LogP contribution in [0.5, 0.6) is 11.5 Å². The lowest BCUT2D eigenvalue weighted by molar-refractivity contribution is 0.230. The fourth-order valence-electron chi connectivity index (χ4n) is 1.89. The fraction of sp³-hybridized carbons (Fsp3) is 0.312. The number of ether oxygens (including phenoxy) is 2. The molecule has 1 aromatic heterocycles. The van der Waals surface area contributed by atoms with Gasteiger partial charge < -0.3 is 14.8 Å². The first-order chi connectivity index (χ1) is 10.1. The summed E-state index contributed by atoms with van der Waals surface area (Å²) < 4.78 is 11.1. The third-order valence-electron chi connectivity index (χ3n) is 2.83. The zero-order valence-electron chi connectivity index (χ0n) is 12.4. The van der Waals surface area contributed by atoms with Crippen LogP contribution in [0.2, 0.25) is 5.15 Å². The Balaban J connectivity index is 2.09. The number of pyridine rings is 1. The number of rotatable bonds is 6. The minimum atomic E-state index is 0.108. The van der Waals surface area contributed by atoms with Crippen LogP contribution in [0.4, 0.5) is 5.69 Å². The molecule has 0 amide bonds. The number of methoxy groups -OCH3 is 1. The van der Waals surface area contributed by atoms with E-state index in [1.807, 2.05) is 44.2 Å². The van der Waals surface area contributed by atoms with Gasteiger partial charge in [0.15, 0.2) is 16.7 Å². The van der Waals surface area contributed by atoms with Crippen LogP contribution < -0.4 is 14.8 Å². The van der Waals surface area contributed by atoms with Gasteiger partial charge in [-0.25, -0.2) is 4.98 Å². The Labute approximate surface area is 130 Å². The number of anilines is 1. The SMILES string of the molecule is COc1cc(CNc2cccnc2Cl)ccc1OC(C)C. The minimum Gasteiger partial charge on any atom is -0.493 e. The second-order valence-corrected chi connectivity index (χ2v) is 5.21. The molecule has 21 heavy (non-hydrogen) atoms. The van der Waals surface area contributed by atoms with Crippen LogP contribution in [0.15, 0.2) is 36.5 Å². The summed E-state index contributed by atoms with van der Waals surface area (Å²) in [6, 6.07) is 9.60. The molecule has 1 heterocycles. The van der Waals surface area contributed by atoms with Crippen LogP contribution in [0, 0.1) is 0 Å². The van der Waals surface area contributed by atoms with E-state index in [2.05, 4.69) is 10.3 Å². The molecule has 0 saturated heterocycles. The number of halogens is 1. The Kier molecular flexibility index (Phi) is 5.28. The van der Waals surface area contributed by atoms with Crippen molar-refractivity contribution in [1.29, 1.82) is 0 Å². The first kappa shape index (κ1) is 15.4. The van der Waals surface area contributed by atoms with Crippen molar-refractivity contribution in [3.63, 3.8) is 0 Å². The fourth-order valence-corrected chi connectivity index (χ4v) is 2.07. The Morgan fingerprint density at radius 2 is 2.05 bits per heavy atom. The summed E-state index contributed by atoms with van der Waals surface area (Å²) in [4.78, 5) is 4.03. The molecule has 2 aromatic rings. The maximum absolute atomic E-state index is 6.01. The molecule has 112 valence electrons. The number of benzene rings is 1. The maximum atomic E-state index is 6.01. The van der Waals surface area contributed by atoms with Gasteiger partial charge in [-0.05, 0) is 43.7 Å². The summed E-state index contributed by atoms with van der Waals surface area (Å²) in [7, 11) is 1.64. The summed E-state index contributed by atoms with van der Waals surface area (Å²) >= 11 is 6.01. The van der Waals surface area contributed by atoms with Gasteiger partial charge in [-0.15, -0.1) is 0 Å². The van der Waals surface area contributed by atoms with E-state index in [1.165, 1.54) is 0 Å². The molecule has 0 aliphatic carbocycles. The molecule has 0 aliphatic rings. The molecular formula is C16H19ClN2O2. The van der Waals surface area contributed by atoms with Crippen molar-refractivity contribution in [3.05, 3.63) is 47.2 Å². The highest BCUT2D eigenvalue weighted by atomic mass is 35.5. The predicted molar refractivity (Wildman–Crippen MR) is 85.3 cm³/mol. The highest BCUT2D eigenvalue weighted by Crippen LogP contribution is 2.29. The standard InChI is InChI=1S/C16H19ClN2O2/c1-11(2)21-14-7-6-12(9-15(14)20-3)10-19-13-5-4-8-18-16(13)17/h4-9,11,19H,10H2,1-3H3. The molecule has 1 N–H and O–H groups in total. The minimum absolute atomic E-state index is 0.108.